The van der Waals surface area contributed by atoms with E-state index < -0.39 is 8.25 Å². The zero-order valence-electron chi connectivity index (χ0n) is 40.0. The SMILES string of the molecule is CCCCCCCCCC.CCCCCCCCCC.CCCCCCCCCC.CCCCCCCCCC.CCCCCCCCCC.O=[P+](O)O. The minimum Gasteiger partial charge on any atom is -0.134 e. The van der Waals surface area contributed by atoms with E-state index in [2.05, 4.69) is 69.2 Å². The molecule has 3 nitrogen and oxygen atoms in total. The van der Waals surface area contributed by atoms with Gasteiger partial charge in [-0.25, -0.2) is 0 Å². The maximum Gasteiger partial charge on any atom is 0.692 e. The molecule has 0 unspecified atom stereocenters. The molecule has 0 aromatic carbocycles. The predicted molar refractivity (Wildman–Crippen MR) is 253 cm³/mol. The number of hydrogen-bond acceptors (Lipinski definition) is 1. The summed E-state index contributed by atoms with van der Waals surface area (Å²) in [4.78, 5) is 14.2. The fourth-order valence-electron chi connectivity index (χ4n) is 6.04. The van der Waals surface area contributed by atoms with Crippen molar-refractivity contribution in [2.24, 2.45) is 0 Å². The molecule has 0 amide bonds. The lowest BCUT2D eigenvalue weighted by Gasteiger charge is -1.97. The van der Waals surface area contributed by atoms with E-state index in [1.165, 1.54) is 257 Å². The van der Waals surface area contributed by atoms with Crippen LogP contribution in [0.25, 0.3) is 0 Å². The molecule has 0 aromatic rings. The Labute approximate surface area is 347 Å². The van der Waals surface area contributed by atoms with Gasteiger partial charge in [0.15, 0.2) is 0 Å². The molecule has 4 heteroatoms. The highest BCUT2D eigenvalue weighted by Crippen LogP contribution is 2.11. The minimum absolute atomic E-state index is 1.37. The van der Waals surface area contributed by atoms with Crippen LogP contribution in [0.2, 0.25) is 0 Å². The Kier molecular flexibility index (Phi) is 94.5. The fraction of sp³-hybridized carbons (Fsp3) is 1.00. The largest absolute Gasteiger partial charge is 0.692 e. The lowest BCUT2D eigenvalue weighted by Crippen LogP contribution is -1.77. The molecular formula is C50H112O3P+. The summed E-state index contributed by atoms with van der Waals surface area (Å²) in [6, 6.07) is 0. The monoisotopic (exact) mass is 792 g/mol. The maximum atomic E-state index is 8.70. The molecule has 334 valence electrons. The van der Waals surface area contributed by atoms with Crippen LogP contribution in [0.3, 0.4) is 0 Å². The lowest BCUT2D eigenvalue weighted by atomic mass is 10.1. The molecule has 0 spiro atoms. The summed E-state index contributed by atoms with van der Waals surface area (Å²) in [5, 5.41) is 0. The van der Waals surface area contributed by atoms with Crippen LogP contribution in [0.1, 0.15) is 326 Å². The van der Waals surface area contributed by atoms with Crippen LogP contribution in [0, 0.1) is 0 Å². The molecule has 0 radical (unpaired) electrons. The first-order valence-electron chi connectivity index (χ1n) is 25.2. The molecule has 0 aromatic heterocycles. The standard InChI is InChI=1S/5C10H22.HO3P/c5*1-3-5-7-9-10-8-6-4-2;1-4(2)3/h5*3-10H2,1-2H3;(H-,1,2,3)/p+1. The van der Waals surface area contributed by atoms with Gasteiger partial charge >= 0.3 is 8.25 Å². The van der Waals surface area contributed by atoms with Crippen molar-refractivity contribution in [3.63, 3.8) is 0 Å². The van der Waals surface area contributed by atoms with E-state index in [0.29, 0.717) is 0 Å². The molecule has 0 heterocycles. The van der Waals surface area contributed by atoms with Crippen LogP contribution in [-0.4, -0.2) is 9.79 Å². The zero-order valence-corrected chi connectivity index (χ0v) is 40.9. The molecule has 0 rings (SSSR count). The summed E-state index contributed by atoms with van der Waals surface area (Å²) in [6.45, 7) is 22.7. The van der Waals surface area contributed by atoms with Gasteiger partial charge < -0.3 is 0 Å². The highest BCUT2D eigenvalue weighted by Gasteiger charge is 1.93. The van der Waals surface area contributed by atoms with Crippen LogP contribution in [0.15, 0.2) is 0 Å². The third-order valence-corrected chi connectivity index (χ3v) is 9.79. The van der Waals surface area contributed by atoms with E-state index in [4.69, 9.17) is 14.4 Å². The van der Waals surface area contributed by atoms with Gasteiger partial charge in [0.05, 0.1) is 0 Å². The van der Waals surface area contributed by atoms with Crippen molar-refractivity contribution in [2.45, 2.75) is 326 Å². The molecule has 2 N–H and O–H groups in total. The predicted octanol–water partition coefficient (Wildman–Crippen LogP) is 20.4. The van der Waals surface area contributed by atoms with E-state index in [1.807, 2.05) is 0 Å². The van der Waals surface area contributed by atoms with Crippen LogP contribution in [0.4, 0.5) is 0 Å². The molecule has 0 aliphatic heterocycles. The smallest absolute Gasteiger partial charge is 0.134 e. The van der Waals surface area contributed by atoms with Gasteiger partial charge in [0, 0.05) is 4.57 Å². The summed E-state index contributed by atoms with van der Waals surface area (Å²) >= 11 is 0. The van der Waals surface area contributed by atoms with Gasteiger partial charge in [-0.05, 0) is 0 Å². The molecule has 0 fully saturated rings. The van der Waals surface area contributed by atoms with Crippen molar-refractivity contribution >= 4 is 8.25 Å². The Balaban J connectivity index is -0.000000130. The third-order valence-electron chi connectivity index (χ3n) is 9.79. The fourth-order valence-corrected chi connectivity index (χ4v) is 6.04. The van der Waals surface area contributed by atoms with Gasteiger partial charge in [-0.3, -0.25) is 0 Å². The molecule has 0 aliphatic carbocycles. The Hall–Kier alpha value is 0.0200. The first-order valence-corrected chi connectivity index (χ1v) is 26.3. The lowest BCUT2D eigenvalue weighted by molar-refractivity contribution is 0.405. The Morgan fingerprint density at radius 1 is 0.204 bits per heavy atom. The second kappa shape index (κ2) is 77.5. The first kappa shape index (κ1) is 65.9. The van der Waals surface area contributed by atoms with Gasteiger partial charge in [-0.1, -0.05) is 326 Å². The average Bonchev–Trinajstić information content (AvgIpc) is 3.16. The molecule has 0 aliphatic rings. The van der Waals surface area contributed by atoms with Crippen molar-refractivity contribution in [1.82, 2.24) is 0 Å². The van der Waals surface area contributed by atoms with Crippen LogP contribution in [-0.2, 0) is 4.57 Å². The molecule has 54 heavy (non-hydrogen) atoms. The Bertz CT molecular complexity index is 391. The van der Waals surface area contributed by atoms with Gasteiger partial charge in [0.2, 0.25) is 0 Å². The van der Waals surface area contributed by atoms with Crippen LogP contribution in [0.5, 0.6) is 0 Å². The molecule has 0 bridgehead atoms. The van der Waals surface area contributed by atoms with Crippen molar-refractivity contribution in [3.8, 4) is 0 Å². The Morgan fingerprint density at radius 2 is 0.259 bits per heavy atom. The van der Waals surface area contributed by atoms with Gasteiger partial charge in [0.25, 0.3) is 0 Å². The topological polar surface area (TPSA) is 57.5 Å². The van der Waals surface area contributed by atoms with Crippen molar-refractivity contribution in [1.29, 1.82) is 0 Å². The zero-order chi connectivity index (χ0) is 41.9. The van der Waals surface area contributed by atoms with E-state index in [0.717, 1.165) is 0 Å². The molecule has 0 saturated heterocycles. The van der Waals surface area contributed by atoms with Crippen LogP contribution >= 0.6 is 8.25 Å². The van der Waals surface area contributed by atoms with Crippen molar-refractivity contribution < 1.29 is 14.4 Å². The maximum absolute atomic E-state index is 8.70. The van der Waals surface area contributed by atoms with Gasteiger partial charge in [-0.15, -0.1) is 9.79 Å². The first-order chi connectivity index (χ1) is 26.3. The van der Waals surface area contributed by atoms with Gasteiger partial charge in [-0.2, -0.15) is 0 Å². The quantitative estimate of drug-likeness (QED) is 0.0496. The summed E-state index contributed by atoms with van der Waals surface area (Å²) in [5.41, 5.74) is 0. The normalized spacial score (nSPS) is 9.93. The van der Waals surface area contributed by atoms with Crippen molar-refractivity contribution in [3.05, 3.63) is 0 Å². The minimum atomic E-state index is -2.87. The molecule has 0 atom stereocenters. The summed E-state index contributed by atoms with van der Waals surface area (Å²) in [5.74, 6) is 0. The van der Waals surface area contributed by atoms with E-state index in [-0.39, 0.29) is 0 Å². The number of unbranched alkanes of at least 4 members (excludes halogenated alkanes) is 35. The molecular weight excluding hydrogens is 680 g/mol. The molecule has 0 saturated carbocycles. The van der Waals surface area contributed by atoms with E-state index >= 15 is 0 Å². The summed E-state index contributed by atoms with van der Waals surface area (Å²) < 4.78 is 8.70. The second-order valence-corrected chi connectivity index (χ2v) is 16.4. The Morgan fingerprint density at radius 3 is 0.315 bits per heavy atom. The summed E-state index contributed by atoms with van der Waals surface area (Å²) in [7, 11) is -2.87. The van der Waals surface area contributed by atoms with E-state index in [9.17, 15) is 0 Å². The van der Waals surface area contributed by atoms with Gasteiger partial charge in [0.1, 0.15) is 0 Å². The van der Waals surface area contributed by atoms with Crippen LogP contribution < -0.4 is 0 Å². The van der Waals surface area contributed by atoms with Crippen molar-refractivity contribution in [2.75, 3.05) is 0 Å². The second-order valence-electron chi connectivity index (χ2n) is 15.9. The highest BCUT2D eigenvalue weighted by atomic mass is 31.1. The van der Waals surface area contributed by atoms with E-state index in [1.54, 1.807) is 0 Å². The highest BCUT2D eigenvalue weighted by molar-refractivity contribution is 7.30. The third kappa shape index (κ3) is 110. The summed E-state index contributed by atoms with van der Waals surface area (Å²) in [6.07, 6.45) is 57.3. The number of hydrogen-bond donors (Lipinski definition) is 2. The average molecular weight is 792 g/mol. The number of rotatable bonds is 35.